The lowest BCUT2D eigenvalue weighted by atomic mass is 9.93. The van der Waals surface area contributed by atoms with E-state index in [-0.39, 0.29) is 6.54 Å². The Morgan fingerprint density at radius 1 is 1.54 bits per heavy atom. The zero-order valence-electron chi connectivity index (χ0n) is 8.42. The number of rotatable bonds is 4. The summed E-state index contributed by atoms with van der Waals surface area (Å²) in [5.74, 6) is 0.655. The molecule has 3 heteroatoms. The Hall–Kier alpha value is -0.570. The summed E-state index contributed by atoms with van der Waals surface area (Å²) >= 11 is 0. The molecule has 13 heavy (non-hydrogen) atoms. The quantitative estimate of drug-likeness (QED) is 0.697. The maximum atomic E-state index is 10.4. The fraction of sp³-hybridized carbons (Fsp3) is 0.900. The molecule has 0 bridgehead atoms. The molecule has 0 aromatic rings. The van der Waals surface area contributed by atoms with Crippen molar-refractivity contribution in [2.24, 2.45) is 11.8 Å². The van der Waals surface area contributed by atoms with Crippen LogP contribution in [0.3, 0.4) is 0 Å². The van der Waals surface area contributed by atoms with Gasteiger partial charge in [0.05, 0.1) is 6.54 Å². The predicted molar refractivity (Wildman–Crippen MR) is 51.6 cm³/mol. The minimum atomic E-state index is -0.757. The number of carboxylic acids is 1. The summed E-state index contributed by atoms with van der Waals surface area (Å²) < 4.78 is 0. The first-order valence-corrected chi connectivity index (χ1v) is 5.10. The molecule has 0 radical (unpaired) electrons. The fourth-order valence-corrected chi connectivity index (χ4v) is 2.33. The van der Waals surface area contributed by atoms with E-state index in [0.717, 1.165) is 12.3 Å². The van der Waals surface area contributed by atoms with Gasteiger partial charge in [-0.1, -0.05) is 20.3 Å². The normalized spacial score (nSPS) is 33.5. The summed E-state index contributed by atoms with van der Waals surface area (Å²) in [6, 6.07) is 0.418. The van der Waals surface area contributed by atoms with Crippen molar-refractivity contribution in [1.82, 2.24) is 5.32 Å². The molecule has 0 amide bonds. The molecule has 0 aromatic carbocycles. The Kier molecular flexibility index (Phi) is 3.72. The molecule has 0 heterocycles. The topological polar surface area (TPSA) is 49.3 Å². The third-order valence-electron chi connectivity index (χ3n) is 3.27. The standard InChI is InChI=1S/C10H19NO2/c1-3-8-4-5-9(7(8)2)11-6-10(12)13/h7-9,11H,3-6H2,1-2H3,(H,12,13). The van der Waals surface area contributed by atoms with Crippen molar-refractivity contribution in [2.75, 3.05) is 6.54 Å². The van der Waals surface area contributed by atoms with Gasteiger partial charge in [-0.15, -0.1) is 0 Å². The zero-order valence-corrected chi connectivity index (χ0v) is 8.42. The van der Waals surface area contributed by atoms with Gasteiger partial charge in [-0.3, -0.25) is 4.79 Å². The molecule has 1 aliphatic carbocycles. The lowest BCUT2D eigenvalue weighted by Gasteiger charge is -2.19. The highest BCUT2D eigenvalue weighted by molar-refractivity contribution is 5.69. The van der Waals surface area contributed by atoms with Crippen molar-refractivity contribution in [3.05, 3.63) is 0 Å². The van der Waals surface area contributed by atoms with Crippen LogP contribution in [-0.2, 0) is 4.79 Å². The lowest BCUT2D eigenvalue weighted by Crippen LogP contribution is -2.36. The number of nitrogens with one attached hydrogen (secondary N) is 1. The fourth-order valence-electron chi connectivity index (χ4n) is 2.33. The van der Waals surface area contributed by atoms with Gasteiger partial charge in [0.25, 0.3) is 0 Å². The van der Waals surface area contributed by atoms with E-state index in [2.05, 4.69) is 19.2 Å². The van der Waals surface area contributed by atoms with E-state index < -0.39 is 5.97 Å². The molecule has 2 N–H and O–H groups in total. The SMILES string of the molecule is CCC1CCC(NCC(=O)O)C1C. The molecule has 3 atom stereocenters. The summed E-state index contributed by atoms with van der Waals surface area (Å²) in [5, 5.41) is 11.6. The third-order valence-corrected chi connectivity index (χ3v) is 3.27. The molecule has 1 fully saturated rings. The molecule has 0 aromatic heterocycles. The first-order valence-electron chi connectivity index (χ1n) is 5.10. The van der Waals surface area contributed by atoms with E-state index in [4.69, 9.17) is 5.11 Å². The van der Waals surface area contributed by atoms with E-state index >= 15 is 0 Å². The molecule has 1 rings (SSSR count). The maximum Gasteiger partial charge on any atom is 0.317 e. The van der Waals surface area contributed by atoms with Crippen LogP contribution in [0.4, 0.5) is 0 Å². The third kappa shape index (κ3) is 2.69. The molecule has 1 saturated carbocycles. The van der Waals surface area contributed by atoms with Crippen molar-refractivity contribution in [3.63, 3.8) is 0 Å². The van der Waals surface area contributed by atoms with Crippen LogP contribution in [0.25, 0.3) is 0 Å². The number of hydrogen-bond donors (Lipinski definition) is 2. The van der Waals surface area contributed by atoms with Crippen LogP contribution in [0.5, 0.6) is 0 Å². The first kappa shape index (κ1) is 10.5. The van der Waals surface area contributed by atoms with Gasteiger partial charge >= 0.3 is 5.97 Å². The van der Waals surface area contributed by atoms with Crippen molar-refractivity contribution in [1.29, 1.82) is 0 Å². The second-order valence-corrected chi connectivity index (χ2v) is 3.99. The second-order valence-electron chi connectivity index (χ2n) is 3.99. The number of hydrogen-bond acceptors (Lipinski definition) is 2. The van der Waals surface area contributed by atoms with Crippen LogP contribution < -0.4 is 5.32 Å². The smallest absolute Gasteiger partial charge is 0.317 e. The van der Waals surface area contributed by atoms with Gasteiger partial charge in [0, 0.05) is 6.04 Å². The van der Waals surface area contributed by atoms with E-state index in [1.54, 1.807) is 0 Å². The minimum absolute atomic E-state index is 0.103. The van der Waals surface area contributed by atoms with Crippen LogP contribution in [0.1, 0.15) is 33.1 Å². The van der Waals surface area contributed by atoms with Gasteiger partial charge in [-0.25, -0.2) is 0 Å². The predicted octanol–water partition coefficient (Wildman–Crippen LogP) is 1.49. The molecule has 1 aliphatic rings. The summed E-state index contributed by atoms with van der Waals surface area (Å²) in [6.07, 6.45) is 3.59. The van der Waals surface area contributed by atoms with Crippen molar-refractivity contribution < 1.29 is 9.90 Å². The van der Waals surface area contributed by atoms with Crippen LogP contribution in [0, 0.1) is 11.8 Å². The first-order chi connectivity index (χ1) is 6.15. The lowest BCUT2D eigenvalue weighted by molar-refractivity contribution is -0.136. The molecule has 76 valence electrons. The summed E-state index contributed by atoms with van der Waals surface area (Å²) in [6.45, 7) is 4.53. The Bertz CT molecular complexity index is 182. The van der Waals surface area contributed by atoms with E-state index in [0.29, 0.717) is 12.0 Å². The molecule has 0 spiro atoms. The zero-order chi connectivity index (χ0) is 9.84. The van der Waals surface area contributed by atoms with Crippen LogP contribution in [-0.4, -0.2) is 23.7 Å². The Morgan fingerprint density at radius 3 is 2.69 bits per heavy atom. The van der Waals surface area contributed by atoms with Gasteiger partial charge in [-0.05, 0) is 24.7 Å². The second kappa shape index (κ2) is 4.61. The Balaban J connectivity index is 2.32. The highest BCUT2D eigenvalue weighted by Gasteiger charge is 2.31. The highest BCUT2D eigenvalue weighted by Crippen LogP contribution is 2.33. The molecule has 0 saturated heterocycles. The molecular weight excluding hydrogens is 166 g/mol. The average molecular weight is 185 g/mol. The minimum Gasteiger partial charge on any atom is -0.480 e. The Labute approximate surface area is 79.5 Å². The van der Waals surface area contributed by atoms with E-state index in [9.17, 15) is 4.79 Å². The summed E-state index contributed by atoms with van der Waals surface area (Å²) in [7, 11) is 0. The van der Waals surface area contributed by atoms with Gasteiger partial charge in [0.1, 0.15) is 0 Å². The van der Waals surface area contributed by atoms with Crippen molar-refractivity contribution in [3.8, 4) is 0 Å². The molecule has 3 unspecified atom stereocenters. The average Bonchev–Trinajstić information content (AvgIpc) is 2.43. The number of carbonyl (C=O) groups is 1. The maximum absolute atomic E-state index is 10.4. The number of carboxylic acid groups (broad SMARTS) is 1. The van der Waals surface area contributed by atoms with E-state index in [1.807, 2.05) is 0 Å². The van der Waals surface area contributed by atoms with Crippen molar-refractivity contribution in [2.45, 2.75) is 39.2 Å². The molecule has 0 aliphatic heterocycles. The highest BCUT2D eigenvalue weighted by atomic mass is 16.4. The summed E-state index contributed by atoms with van der Waals surface area (Å²) in [4.78, 5) is 10.4. The van der Waals surface area contributed by atoms with Crippen LogP contribution >= 0.6 is 0 Å². The summed E-state index contributed by atoms with van der Waals surface area (Å²) in [5.41, 5.74) is 0. The van der Waals surface area contributed by atoms with Crippen molar-refractivity contribution >= 4 is 5.97 Å². The number of aliphatic carboxylic acids is 1. The molecular formula is C10H19NO2. The van der Waals surface area contributed by atoms with Gasteiger partial charge < -0.3 is 10.4 Å². The monoisotopic (exact) mass is 185 g/mol. The van der Waals surface area contributed by atoms with Gasteiger partial charge in [0.2, 0.25) is 0 Å². The van der Waals surface area contributed by atoms with Crippen LogP contribution in [0.15, 0.2) is 0 Å². The van der Waals surface area contributed by atoms with Gasteiger partial charge in [0.15, 0.2) is 0 Å². The largest absolute Gasteiger partial charge is 0.480 e. The van der Waals surface area contributed by atoms with Gasteiger partial charge in [-0.2, -0.15) is 0 Å². The van der Waals surface area contributed by atoms with E-state index in [1.165, 1.54) is 12.8 Å². The molecule has 3 nitrogen and oxygen atoms in total. The Morgan fingerprint density at radius 2 is 2.23 bits per heavy atom. The van der Waals surface area contributed by atoms with Crippen LogP contribution in [0.2, 0.25) is 0 Å².